The van der Waals surface area contributed by atoms with Gasteiger partial charge in [0, 0.05) is 23.6 Å². The van der Waals surface area contributed by atoms with Crippen molar-refractivity contribution in [2.75, 3.05) is 19.7 Å². The molecule has 0 radical (unpaired) electrons. The Morgan fingerprint density at radius 1 is 1.00 bits per heavy atom. The molecule has 0 amide bonds. The van der Waals surface area contributed by atoms with Gasteiger partial charge in [-0.1, -0.05) is 30.3 Å². The normalized spacial score (nSPS) is 15.3. The molecular formula is C24H30N2O. The van der Waals surface area contributed by atoms with Crippen LogP contribution in [0.15, 0.2) is 54.7 Å². The molecule has 1 fully saturated rings. The van der Waals surface area contributed by atoms with Gasteiger partial charge in [0.2, 0.25) is 0 Å². The van der Waals surface area contributed by atoms with Crippen molar-refractivity contribution in [3.8, 4) is 5.75 Å². The SMILES string of the molecule is Cc1cn(CCCCOc2ccc(C3CCNCC3)cc2)c2ccccc12. The molecule has 1 aliphatic heterocycles. The fraction of sp³-hybridized carbons (Fsp3) is 0.417. The molecule has 0 aliphatic carbocycles. The van der Waals surface area contributed by atoms with E-state index in [1.54, 1.807) is 0 Å². The van der Waals surface area contributed by atoms with Gasteiger partial charge in [-0.25, -0.2) is 0 Å². The highest BCUT2D eigenvalue weighted by atomic mass is 16.5. The number of unbranched alkanes of at least 4 members (excludes halogenated alkanes) is 1. The third-order valence-electron chi connectivity index (χ3n) is 5.74. The highest BCUT2D eigenvalue weighted by molar-refractivity contribution is 5.83. The summed E-state index contributed by atoms with van der Waals surface area (Å²) in [6.07, 6.45) is 6.96. The van der Waals surface area contributed by atoms with Crippen molar-refractivity contribution >= 4 is 10.9 Å². The number of nitrogens with one attached hydrogen (secondary N) is 1. The molecule has 4 rings (SSSR count). The largest absolute Gasteiger partial charge is 0.494 e. The summed E-state index contributed by atoms with van der Waals surface area (Å²) in [5.41, 5.74) is 4.15. The number of benzene rings is 2. The summed E-state index contributed by atoms with van der Waals surface area (Å²) in [7, 11) is 0. The van der Waals surface area contributed by atoms with E-state index < -0.39 is 0 Å². The van der Waals surface area contributed by atoms with Crippen LogP contribution >= 0.6 is 0 Å². The van der Waals surface area contributed by atoms with Gasteiger partial charge in [-0.05, 0) is 80.9 Å². The molecular weight excluding hydrogens is 332 g/mol. The van der Waals surface area contributed by atoms with Crippen LogP contribution in [-0.2, 0) is 6.54 Å². The fourth-order valence-corrected chi connectivity index (χ4v) is 4.18. The van der Waals surface area contributed by atoms with Crippen molar-refractivity contribution in [1.29, 1.82) is 0 Å². The first kappa shape index (κ1) is 18.1. The Kier molecular flexibility index (Phi) is 5.78. The predicted octanol–water partition coefficient (Wildman–Crippen LogP) is 5.28. The number of aryl methyl sites for hydroxylation is 2. The number of rotatable bonds is 7. The molecule has 3 heteroatoms. The summed E-state index contributed by atoms with van der Waals surface area (Å²) in [6.45, 7) is 6.30. The lowest BCUT2D eigenvalue weighted by atomic mass is 9.90. The molecule has 1 aromatic heterocycles. The number of ether oxygens (including phenoxy) is 1. The molecule has 1 aliphatic rings. The molecule has 0 atom stereocenters. The van der Waals surface area contributed by atoms with Crippen LogP contribution in [0.25, 0.3) is 10.9 Å². The van der Waals surface area contributed by atoms with Gasteiger partial charge in [0.15, 0.2) is 0 Å². The highest BCUT2D eigenvalue weighted by Gasteiger charge is 2.14. The molecule has 0 spiro atoms. The van der Waals surface area contributed by atoms with Gasteiger partial charge in [0.25, 0.3) is 0 Å². The Morgan fingerprint density at radius 2 is 1.78 bits per heavy atom. The molecule has 3 nitrogen and oxygen atoms in total. The molecule has 2 heterocycles. The average molecular weight is 363 g/mol. The third-order valence-corrected chi connectivity index (χ3v) is 5.74. The van der Waals surface area contributed by atoms with E-state index in [2.05, 4.69) is 71.5 Å². The third kappa shape index (κ3) is 4.36. The minimum Gasteiger partial charge on any atom is -0.494 e. The van der Waals surface area contributed by atoms with E-state index in [0.29, 0.717) is 5.92 Å². The van der Waals surface area contributed by atoms with Crippen molar-refractivity contribution in [3.63, 3.8) is 0 Å². The van der Waals surface area contributed by atoms with E-state index in [0.717, 1.165) is 44.8 Å². The van der Waals surface area contributed by atoms with Crippen LogP contribution in [0.5, 0.6) is 5.75 Å². The number of piperidine rings is 1. The Bertz CT molecular complexity index is 860. The van der Waals surface area contributed by atoms with E-state index in [1.165, 1.54) is 34.9 Å². The smallest absolute Gasteiger partial charge is 0.119 e. The maximum absolute atomic E-state index is 5.96. The van der Waals surface area contributed by atoms with Crippen molar-refractivity contribution in [1.82, 2.24) is 9.88 Å². The minimum absolute atomic E-state index is 0.708. The maximum Gasteiger partial charge on any atom is 0.119 e. The summed E-state index contributed by atoms with van der Waals surface area (Å²) in [6, 6.07) is 17.4. The van der Waals surface area contributed by atoms with Crippen LogP contribution in [0.3, 0.4) is 0 Å². The number of fused-ring (bicyclic) bond motifs is 1. The van der Waals surface area contributed by atoms with Crippen LogP contribution in [-0.4, -0.2) is 24.3 Å². The van der Waals surface area contributed by atoms with Gasteiger partial charge in [0.05, 0.1) is 6.61 Å². The second-order valence-electron chi connectivity index (χ2n) is 7.67. The van der Waals surface area contributed by atoms with Crippen molar-refractivity contribution < 1.29 is 4.74 Å². The number of hydrogen-bond donors (Lipinski definition) is 1. The van der Waals surface area contributed by atoms with Gasteiger partial charge >= 0.3 is 0 Å². The van der Waals surface area contributed by atoms with E-state index in [1.807, 2.05) is 0 Å². The molecule has 0 saturated carbocycles. The van der Waals surface area contributed by atoms with Gasteiger partial charge in [0.1, 0.15) is 5.75 Å². The number of aromatic nitrogens is 1. The summed E-state index contributed by atoms with van der Waals surface area (Å²) < 4.78 is 8.33. The second-order valence-corrected chi connectivity index (χ2v) is 7.67. The molecule has 142 valence electrons. The van der Waals surface area contributed by atoms with E-state index in [4.69, 9.17) is 4.74 Å². The predicted molar refractivity (Wildman–Crippen MR) is 113 cm³/mol. The Hall–Kier alpha value is -2.26. The summed E-state index contributed by atoms with van der Waals surface area (Å²) in [5, 5.41) is 4.80. The van der Waals surface area contributed by atoms with Gasteiger partial charge in [-0.2, -0.15) is 0 Å². The van der Waals surface area contributed by atoms with E-state index in [9.17, 15) is 0 Å². The topological polar surface area (TPSA) is 26.2 Å². The fourth-order valence-electron chi connectivity index (χ4n) is 4.18. The zero-order valence-corrected chi connectivity index (χ0v) is 16.3. The van der Waals surface area contributed by atoms with Crippen LogP contribution in [0.4, 0.5) is 0 Å². The second kappa shape index (κ2) is 8.62. The Labute approximate surface area is 162 Å². The Balaban J connectivity index is 1.23. The number of hydrogen-bond acceptors (Lipinski definition) is 2. The van der Waals surface area contributed by atoms with Crippen LogP contribution in [0.2, 0.25) is 0 Å². The lowest BCUT2D eigenvalue weighted by molar-refractivity contribution is 0.303. The molecule has 0 unspecified atom stereocenters. The lowest BCUT2D eigenvalue weighted by Crippen LogP contribution is -2.26. The first-order valence-corrected chi connectivity index (χ1v) is 10.3. The summed E-state index contributed by atoms with van der Waals surface area (Å²) >= 11 is 0. The van der Waals surface area contributed by atoms with Gasteiger partial charge < -0.3 is 14.6 Å². The molecule has 1 saturated heterocycles. The first-order chi connectivity index (χ1) is 13.3. The van der Waals surface area contributed by atoms with Crippen molar-refractivity contribution in [2.45, 2.75) is 45.1 Å². The molecule has 3 aromatic rings. The van der Waals surface area contributed by atoms with Crippen LogP contribution in [0.1, 0.15) is 42.7 Å². The quantitative estimate of drug-likeness (QED) is 0.579. The summed E-state index contributed by atoms with van der Waals surface area (Å²) in [5.74, 6) is 1.70. The standard InChI is InChI=1S/C24H30N2O/c1-19-18-26(24-7-3-2-6-23(19)24)16-4-5-17-27-22-10-8-20(9-11-22)21-12-14-25-15-13-21/h2-3,6-11,18,21,25H,4-5,12-17H2,1H3. The maximum atomic E-state index is 5.96. The summed E-state index contributed by atoms with van der Waals surface area (Å²) in [4.78, 5) is 0. The zero-order chi connectivity index (χ0) is 18.5. The van der Waals surface area contributed by atoms with Gasteiger partial charge in [-0.15, -0.1) is 0 Å². The van der Waals surface area contributed by atoms with Crippen molar-refractivity contribution in [2.24, 2.45) is 0 Å². The van der Waals surface area contributed by atoms with E-state index in [-0.39, 0.29) is 0 Å². The van der Waals surface area contributed by atoms with Crippen LogP contribution < -0.4 is 10.1 Å². The van der Waals surface area contributed by atoms with Crippen LogP contribution in [0, 0.1) is 6.92 Å². The minimum atomic E-state index is 0.708. The monoisotopic (exact) mass is 362 g/mol. The number of nitrogens with zero attached hydrogens (tertiary/aromatic N) is 1. The lowest BCUT2D eigenvalue weighted by Gasteiger charge is -2.23. The zero-order valence-electron chi connectivity index (χ0n) is 16.3. The molecule has 27 heavy (non-hydrogen) atoms. The molecule has 2 aromatic carbocycles. The molecule has 1 N–H and O–H groups in total. The van der Waals surface area contributed by atoms with Crippen molar-refractivity contribution in [3.05, 3.63) is 65.9 Å². The molecule has 0 bridgehead atoms. The average Bonchev–Trinajstić information content (AvgIpc) is 3.05. The van der Waals surface area contributed by atoms with E-state index >= 15 is 0 Å². The van der Waals surface area contributed by atoms with Gasteiger partial charge in [-0.3, -0.25) is 0 Å². The highest BCUT2D eigenvalue weighted by Crippen LogP contribution is 2.27. The number of para-hydroxylation sites is 1. The first-order valence-electron chi connectivity index (χ1n) is 10.3. The Morgan fingerprint density at radius 3 is 2.59 bits per heavy atom.